The number of primary amides is 1. The first-order valence-electron chi connectivity index (χ1n) is 8.22. The highest BCUT2D eigenvalue weighted by molar-refractivity contribution is 5.99. The zero-order valence-corrected chi connectivity index (χ0v) is 14.0. The number of likely N-dealkylation sites (tertiary alicyclic amines) is 1. The van der Waals surface area contributed by atoms with Gasteiger partial charge < -0.3 is 10.6 Å². The van der Waals surface area contributed by atoms with Gasteiger partial charge in [0.2, 0.25) is 5.91 Å². The number of nitrogens with two attached hydrogens (primary N) is 1. The molecule has 2 aromatic heterocycles. The predicted molar refractivity (Wildman–Crippen MR) is 92.4 cm³/mol. The molecule has 7 nitrogen and oxygen atoms in total. The smallest absolute Gasteiger partial charge is 0.267 e. The molecule has 0 aliphatic carbocycles. The fourth-order valence-corrected chi connectivity index (χ4v) is 3.25. The second-order valence-corrected chi connectivity index (χ2v) is 6.43. The van der Waals surface area contributed by atoms with Crippen LogP contribution in [-0.2, 0) is 4.79 Å². The van der Waals surface area contributed by atoms with Gasteiger partial charge in [0, 0.05) is 18.3 Å². The van der Waals surface area contributed by atoms with Crippen LogP contribution in [-0.4, -0.2) is 49.8 Å². The summed E-state index contributed by atoms with van der Waals surface area (Å²) in [4.78, 5) is 33.5. The van der Waals surface area contributed by atoms with Crippen molar-refractivity contribution in [3.63, 3.8) is 0 Å². The van der Waals surface area contributed by atoms with Gasteiger partial charge >= 0.3 is 0 Å². The second-order valence-electron chi connectivity index (χ2n) is 6.43. The van der Waals surface area contributed by atoms with Crippen molar-refractivity contribution in [1.29, 1.82) is 0 Å². The van der Waals surface area contributed by atoms with Gasteiger partial charge in [0.05, 0.1) is 12.1 Å². The van der Waals surface area contributed by atoms with Gasteiger partial charge in [-0.1, -0.05) is 18.2 Å². The van der Waals surface area contributed by atoms with Crippen LogP contribution < -0.4 is 5.73 Å². The number of benzene rings is 1. The molecule has 2 N–H and O–H groups in total. The van der Waals surface area contributed by atoms with Crippen molar-refractivity contribution in [3.8, 4) is 5.69 Å². The number of carbonyl (C=O) groups is 2. The molecule has 1 atom stereocenters. The SMILES string of the molecule is NC(=O)[C@@H]1CC(F)(F)CN1C(=O)c1cnc2c(c1)ncn2-c1ccccc1. The molecule has 1 aliphatic rings. The maximum absolute atomic E-state index is 13.7. The Balaban J connectivity index is 1.68. The molecule has 0 unspecified atom stereocenters. The molecule has 4 rings (SSSR count). The van der Waals surface area contributed by atoms with Crippen molar-refractivity contribution in [3.05, 3.63) is 54.5 Å². The normalized spacial score (nSPS) is 18.7. The second kappa shape index (κ2) is 6.11. The Morgan fingerprint density at radius 1 is 1.19 bits per heavy atom. The average Bonchev–Trinajstić information content (AvgIpc) is 3.21. The molecule has 0 spiro atoms. The van der Waals surface area contributed by atoms with Crippen molar-refractivity contribution in [2.45, 2.75) is 18.4 Å². The van der Waals surface area contributed by atoms with E-state index >= 15 is 0 Å². The monoisotopic (exact) mass is 371 g/mol. The molecule has 1 fully saturated rings. The highest BCUT2D eigenvalue weighted by Crippen LogP contribution is 2.33. The van der Waals surface area contributed by atoms with Gasteiger partial charge in [0.25, 0.3) is 11.8 Å². The Bertz CT molecular complexity index is 1030. The summed E-state index contributed by atoms with van der Waals surface area (Å²) >= 11 is 0. The standard InChI is InChI=1S/C18H15F2N5O2/c19-18(20)7-14(15(21)26)24(9-18)17(27)11-6-13-16(22-8-11)25(10-23-13)12-4-2-1-3-5-12/h1-6,8,10,14H,7,9H2,(H2,21,26)/t14-/m0/s1. The van der Waals surface area contributed by atoms with Crippen LogP contribution >= 0.6 is 0 Å². The average molecular weight is 371 g/mol. The molecule has 0 saturated carbocycles. The summed E-state index contributed by atoms with van der Waals surface area (Å²) in [6.07, 6.45) is 2.09. The first-order chi connectivity index (χ1) is 12.9. The Hall–Kier alpha value is -3.36. The molecule has 0 bridgehead atoms. The summed E-state index contributed by atoms with van der Waals surface area (Å²) < 4.78 is 29.1. The summed E-state index contributed by atoms with van der Waals surface area (Å²) in [7, 11) is 0. The molecule has 0 radical (unpaired) electrons. The third-order valence-electron chi connectivity index (χ3n) is 4.53. The number of amides is 2. The molecule has 3 heterocycles. The lowest BCUT2D eigenvalue weighted by molar-refractivity contribution is -0.121. The number of halogens is 2. The molecule has 138 valence electrons. The van der Waals surface area contributed by atoms with E-state index in [1.807, 2.05) is 30.3 Å². The van der Waals surface area contributed by atoms with E-state index in [9.17, 15) is 18.4 Å². The molecule has 9 heteroatoms. The van der Waals surface area contributed by atoms with Crippen LogP contribution in [0.15, 0.2) is 48.9 Å². The zero-order valence-electron chi connectivity index (χ0n) is 14.0. The minimum Gasteiger partial charge on any atom is -0.368 e. The fourth-order valence-electron chi connectivity index (χ4n) is 3.25. The number of hydrogen-bond acceptors (Lipinski definition) is 4. The third kappa shape index (κ3) is 3.01. The largest absolute Gasteiger partial charge is 0.368 e. The van der Waals surface area contributed by atoms with Crippen molar-refractivity contribution >= 4 is 23.0 Å². The number of carbonyl (C=O) groups excluding carboxylic acids is 2. The van der Waals surface area contributed by atoms with Crippen molar-refractivity contribution in [2.75, 3.05) is 6.54 Å². The number of rotatable bonds is 3. The maximum Gasteiger partial charge on any atom is 0.267 e. The number of pyridine rings is 1. The van der Waals surface area contributed by atoms with Gasteiger partial charge in [-0.05, 0) is 18.2 Å². The zero-order chi connectivity index (χ0) is 19.2. The summed E-state index contributed by atoms with van der Waals surface area (Å²) in [6, 6.07) is 9.52. The molecule has 3 aromatic rings. The summed E-state index contributed by atoms with van der Waals surface area (Å²) in [6.45, 7) is -0.851. The van der Waals surface area contributed by atoms with E-state index in [0.29, 0.717) is 11.2 Å². The lowest BCUT2D eigenvalue weighted by Gasteiger charge is -2.21. The van der Waals surface area contributed by atoms with Gasteiger partial charge in [-0.25, -0.2) is 18.7 Å². The van der Waals surface area contributed by atoms with Crippen LogP contribution in [0.25, 0.3) is 16.9 Å². The molecular weight excluding hydrogens is 356 g/mol. The number of fused-ring (bicyclic) bond motifs is 1. The molecule has 27 heavy (non-hydrogen) atoms. The summed E-state index contributed by atoms with van der Waals surface area (Å²) in [5.41, 5.74) is 7.07. The van der Waals surface area contributed by atoms with Gasteiger partial charge in [0.15, 0.2) is 5.65 Å². The van der Waals surface area contributed by atoms with Crippen LogP contribution in [0.1, 0.15) is 16.8 Å². The summed E-state index contributed by atoms with van der Waals surface area (Å²) in [5.74, 6) is -4.83. The van der Waals surface area contributed by atoms with E-state index in [-0.39, 0.29) is 5.56 Å². The maximum atomic E-state index is 13.7. The molecule has 1 saturated heterocycles. The Morgan fingerprint density at radius 2 is 1.93 bits per heavy atom. The van der Waals surface area contributed by atoms with E-state index in [4.69, 9.17) is 5.73 Å². The molecule has 1 aromatic carbocycles. The van der Waals surface area contributed by atoms with E-state index in [1.54, 1.807) is 10.9 Å². The number of hydrogen-bond donors (Lipinski definition) is 1. The minimum atomic E-state index is -3.15. The highest BCUT2D eigenvalue weighted by atomic mass is 19.3. The van der Waals surface area contributed by atoms with Crippen LogP contribution in [0.3, 0.4) is 0 Å². The lowest BCUT2D eigenvalue weighted by atomic mass is 10.1. The number of aromatic nitrogens is 3. The Kier molecular flexibility index (Phi) is 3.87. The summed E-state index contributed by atoms with van der Waals surface area (Å²) in [5, 5.41) is 0. The van der Waals surface area contributed by atoms with E-state index in [2.05, 4.69) is 9.97 Å². The minimum absolute atomic E-state index is 0.0739. The van der Waals surface area contributed by atoms with Crippen LogP contribution in [0.5, 0.6) is 0 Å². The van der Waals surface area contributed by atoms with Crippen molar-refractivity contribution in [1.82, 2.24) is 19.4 Å². The third-order valence-corrected chi connectivity index (χ3v) is 4.53. The molecule has 2 amide bonds. The number of alkyl halides is 2. The number of para-hydroxylation sites is 1. The number of nitrogens with zero attached hydrogens (tertiary/aromatic N) is 4. The van der Waals surface area contributed by atoms with E-state index in [0.717, 1.165) is 10.6 Å². The van der Waals surface area contributed by atoms with Crippen molar-refractivity contribution in [2.24, 2.45) is 5.73 Å². The lowest BCUT2D eigenvalue weighted by Crippen LogP contribution is -2.43. The first-order valence-corrected chi connectivity index (χ1v) is 8.22. The van der Waals surface area contributed by atoms with Gasteiger partial charge in [-0.3, -0.25) is 14.2 Å². The number of imidazole rings is 1. The molecule has 1 aliphatic heterocycles. The van der Waals surface area contributed by atoms with Gasteiger partial charge in [-0.15, -0.1) is 0 Å². The predicted octanol–water partition coefficient (Wildman–Crippen LogP) is 1.76. The van der Waals surface area contributed by atoms with E-state index in [1.165, 1.54) is 12.3 Å². The van der Waals surface area contributed by atoms with Crippen molar-refractivity contribution < 1.29 is 18.4 Å². The highest BCUT2D eigenvalue weighted by Gasteiger charge is 2.49. The fraction of sp³-hybridized carbons (Fsp3) is 0.222. The van der Waals surface area contributed by atoms with Gasteiger partial charge in [-0.2, -0.15) is 0 Å². The first kappa shape index (κ1) is 17.1. The Labute approximate surface area is 152 Å². The quantitative estimate of drug-likeness (QED) is 0.759. The van der Waals surface area contributed by atoms with Crippen LogP contribution in [0.2, 0.25) is 0 Å². The van der Waals surface area contributed by atoms with Crippen LogP contribution in [0.4, 0.5) is 8.78 Å². The van der Waals surface area contributed by atoms with Gasteiger partial charge in [0.1, 0.15) is 17.9 Å². The Morgan fingerprint density at radius 3 is 2.63 bits per heavy atom. The topological polar surface area (TPSA) is 94.1 Å². The molecular formula is C18H15F2N5O2. The van der Waals surface area contributed by atoms with E-state index < -0.39 is 36.7 Å². The van der Waals surface area contributed by atoms with Crippen LogP contribution in [0, 0.1) is 0 Å².